The molecular formula is C26H35F3O6. The molecule has 1 saturated carbocycles. The van der Waals surface area contributed by atoms with Gasteiger partial charge in [0, 0.05) is 18.8 Å². The number of aliphatic hydroxyl groups excluding tert-OH is 3. The van der Waals surface area contributed by atoms with E-state index in [1.165, 1.54) is 12.1 Å². The van der Waals surface area contributed by atoms with Crippen molar-refractivity contribution in [3.8, 4) is 5.75 Å². The minimum Gasteiger partial charge on any atom is -0.491 e. The molecule has 1 aliphatic carbocycles. The average molecular weight is 501 g/mol. The van der Waals surface area contributed by atoms with Crippen molar-refractivity contribution >= 4 is 5.97 Å². The zero-order valence-corrected chi connectivity index (χ0v) is 20.0. The number of rotatable bonds is 12. The summed E-state index contributed by atoms with van der Waals surface area (Å²) >= 11 is 0. The fourth-order valence-electron chi connectivity index (χ4n) is 4.29. The monoisotopic (exact) mass is 500 g/mol. The van der Waals surface area contributed by atoms with Crippen LogP contribution >= 0.6 is 0 Å². The molecule has 6 atom stereocenters. The van der Waals surface area contributed by atoms with Crippen molar-refractivity contribution in [1.29, 1.82) is 0 Å². The summed E-state index contributed by atoms with van der Waals surface area (Å²) in [5.74, 6) is -2.92. The highest BCUT2D eigenvalue weighted by Gasteiger charge is 2.39. The van der Waals surface area contributed by atoms with E-state index >= 15 is 0 Å². The van der Waals surface area contributed by atoms with Crippen LogP contribution in [0.2, 0.25) is 0 Å². The smallest absolute Gasteiger partial charge is 0.395 e. The molecular weight excluding hydrogens is 465 g/mol. The highest BCUT2D eigenvalue weighted by atomic mass is 19.4. The summed E-state index contributed by atoms with van der Waals surface area (Å²) < 4.78 is 44.8. The first-order chi connectivity index (χ1) is 16.4. The largest absolute Gasteiger partial charge is 0.491 e. The Balaban J connectivity index is 1.93. The highest BCUT2D eigenvalue weighted by Crippen LogP contribution is 2.38. The molecule has 196 valence electrons. The first-order valence-electron chi connectivity index (χ1n) is 11.8. The number of hydrogen-bond acceptors (Lipinski definition) is 5. The third-order valence-electron chi connectivity index (χ3n) is 6.44. The lowest BCUT2D eigenvalue weighted by Gasteiger charge is -2.20. The molecule has 1 unspecified atom stereocenters. The topological polar surface area (TPSA) is 107 Å². The van der Waals surface area contributed by atoms with Crippen molar-refractivity contribution in [3.63, 3.8) is 0 Å². The Morgan fingerprint density at radius 2 is 1.94 bits per heavy atom. The number of carboxylic acids is 1. The van der Waals surface area contributed by atoms with E-state index in [-0.39, 0.29) is 42.6 Å². The summed E-state index contributed by atoms with van der Waals surface area (Å²) in [5.41, 5.74) is 0.611. The van der Waals surface area contributed by atoms with Gasteiger partial charge in [0.1, 0.15) is 18.5 Å². The maximum Gasteiger partial charge on any atom is 0.395 e. The predicted molar refractivity (Wildman–Crippen MR) is 125 cm³/mol. The average Bonchev–Trinajstić information content (AvgIpc) is 3.04. The first-order valence-corrected chi connectivity index (χ1v) is 11.8. The van der Waals surface area contributed by atoms with Crippen molar-refractivity contribution in [2.75, 3.05) is 6.61 Å². The number of aliphatic carboxylic acids is 1. The van der Waals surface area contributed by atoms with Gasteiger partial charge in [-0.3, -0.25) is 4.79 Å². The predicted octanol–water partition coefficient (Wildman–Crippen LogP) is 4.52. The van der Waals surface area contributed by atoms with Crippen molar-refractivity contribution in [1.82, 2.24) is 0 Å². The molecule has 0 saturated heterocycles. The third kappa shape index (κ3) is 8.98. The number of halogens is 3. The van der Waals surface area contributed by atoms with Gasteiger partial charge in [0.25, 0.3) is 0 Å². The second-order valence-corrected chi connectivity index (χ2v) is 9.15. The van der Waals surface area contributed by atoms with Crippen LogP contribution < -0.4 is 4.74 Å². The van der Waals surface area contributed by atoms with Gasteiger partial charge >= 0.3 is 12.1 Å². The van der Waals surface area contributed by atoms with Crippen molar-refractivity contribution in [2.45, 2.75) is 76.4 Å². The fourth-order valence-corrected chi connectivity index (χ4v) is 4.29. The summed E-state index contributed by atoms with van der Waals surface area (Å²) in [6.45, 7) is 2.51. The van der Waals surface area contributed by atoms with Crippen molar-refractivity contribution in [2.24, 2.45) is 11.8 Å². The zero-order valence-electron chi connectivity index (χ0n) is 20.0. The lowest BCUT2D eigenvalue weighted by atomic mass is 9.89. The van der Waals surface area contributed by atoms with E-state index in [0.29, 0.717) is 24.8 Å². The molecule has 2 rings (SSSR count). The van der Waals surface area contributed by atoms with Gasteiger partial charge in [0.2, 0.25) is 0 Å². The number of aliphatic hydroxyl groups is 3. The second kappa shape index (κ2) is 13.1. The van der Waals surface area contributed by atoms with Crippen LogP contribution in [0.25, 0.3) is 0 Å². The molecule has 0 aromatic heterocycles. The van der Waals surface area contributed by atoms with Crippen molar-refractivity contribution in [3.05, 3.63) is 53.6 Å². The number of unbranched alkanes of at least 4 members (excludes halogenated alkanes) is 1. The first kappa shape index (κ1) is 28.9. The molecule has 35 heavy (non-hydrogen) atoms. The van der Waals surface area contributed by atoms with Gasteiger partial charge in [0.05, 0.1) is 18.1 Å². The normalized spacial score (nSPS) is 24.8. The summed E-state index contributed by atoms with van der Waals surface area (Å²) in [7, 11) is 0. The Bertz CT molecular complexity index is 882. The molecule has 0 spiro atoms. The van der Waals surface area contributed by atoms with Crippen LogP contribution in [-0.4, -0.2) is 57.5 Å². The maximum absolute atomic E-state index is 13.1. The summed E-state index contributed by atoms with van der Waals surface area (Å²) in [4.78, 5) is 10.5. The van der Waals surface area contributed by atoms with E-state index in [1.807, 2.05) is 12.2 Å². The molecule has 0 radical (unpaired) electrons. The molecule has 0 amide bonds. The molecule has 1 aromatic rings. The minimum atomic E-state index is -4.37. The van der Waals surface area contributed by atoms with E-state index < -0.39 is 36.4 Å². The van der Waals surface area contributed by atoms with Crippen LogP contribution in [0, 0.1) is 18.8 Å². The van der Waals surface area contributed by atoms with Gasteiger partial charge in [0.15, 0.2) is 0 Å². The van der Waals surface area contributed by atoms with Gasteiger partial charge in [-0.15, -0.1) is 0 Å². The lowest BCUT2D eigenvalue weighted by Crippen LogP contribution is -2.21. The van der Waals surface area contributed by atoms with Crippen LogP contribution in [0.5, 0.6) is 5.75 Å². The Morgan fingerprint density at radius 3 is 2.60 bits per heavy atom. The highest BCUT2D eigenvalue weighted by molar-refractivity contribution is 5.66. The Kier molecular flexibility index (Phi) is 10.8. The number of allylic oxidation sites excluding steroid dienone is 2. The zero-order chi connectivity index (χ0) is 26.2. The Hall–Kier alpha value is -2.36. The SMILES string of the molecule is Cc1ccc(OC[C@H](O)/C=C/[C@@H]2[C@@H](C/C=C\CCCC(=O)O)[C@@H](O)C[C@H]2O)cc1C(C)C(F)(F)F. The lowest BCUT2D eigenvalue weighted by molar-refractivity contribution is -0.146. The number of ether oxygens (including phenoxy) is 1. The van der Waals surface area contributed by atoms with E-state index in [0.717, 1.165) is 6.92 Å². The molecule has 6 nitrogen and oxygen atoms in total. The molecule has 0 aliphatic heterocycles. The number of alkyl halides is 3. The van der Waals surface area contributed by atoms with E-state index in [1.54, 1.807) is 25.1 Å². The number of carbonyl (C=O) groups is 1. The standard InChI is InChI=1S/C26H35F3O6/c1-16-9-11-19(13-22(16)17(2)26(27,28)29)35-15-18(30)10-12-21-20(23(31)14-24(21)32)7-5-3-4-6-8-25(33)34/h3,5,9-13,17-18,20-21,23-24,30-32H,4,6-8,14-15H2,1-2H3,(H,33,34)/b5-3-,12-10+/t17?,18-,20-,21-,23+,24-/m1/s1. The maximum atomic E-state index is 13.1. The summed E-state index contributed by atoms with van der Waals surface area (Å²) in [6.07, 6.45) is 1.84. The van der Waals surface area contributed by atoms with Gasteiger partial charge in [-0.2, -0.15) is 13.2 Å². The molecule has 1 aromatic carbocycles. The molecule has 1 fully saturated rings. The number of hydrogen-bond donors (Lipinski definition) is 4. The molecule has 4 N–H and O–H groups in total. The molecule has 9 heteroatoms. The van der Waals surface area contributed by atoms with Crippen LogP contribution in [0.4, 0.5) is 13.2 Å². The Labute approximate surface area is 203 Å². The summed E-state index contributed by atoms with van der Waals surface area (Å²) in [5, 5.41) is 39.6. The fraction of sp³-hybridized carbons (Fsp3) is 0.577. The van der Waals surface area contributed by atoms with Gasteiger partial charge < -0.3 is 25.2 Å². The third-order valence-corrected chi connectivity index (χ3v) is 6.44. The van der Waals surface area contributed by atoms with Gasteiger partial charge in [-0.1, -0.05) is 30.4 Å². The molecule has 1 aliphatic rings. The van der Waals surface area contributed by atoms with E-state index in [9.17, 15) is 33.3 Å². The van der Waals surface area contributed by atoms with E-state index in [2.05, 4.69) is 0 Å². The Morgan fingerprint density at radius 1 is 1.23 bits per heavy atom. The quantitative estimate of drug-likeness (QED) is 0.248. The van der Waals surface area contributed by atoms with Crippen molar-refractivity contribution < 1.29 is 43.1 Å². The van der Waals surface area contributed by atoms with Crippen LogP contribution in [0.1, 0.15) is 56.1 Å². The van der Waals surface area contributed by atoms with Gasteiger partial charge in [-0.25, -0.2) is 0 Å². The van der Waals surface area contributed by atoms with E-state index in [4.69, 9.17) is 9.84 Å². The van der Waals surface area contributed by atoms with Crippen LogP contribution in [0.3, 0.4) is 0 Å². The minimum absolute atomic E-state index is 0.0890. The van der Waals surface area contributed by atoms with Gasteiger partial charge in [-0.05, 0) is 62.3 Å². The number of aryl methyl sites for hydroxylation is 1. The number of carboxylic acid groups (broad SMARTS) is 1. The molecule has 0 bridgehead atoms. The van der Waals surface area contributed by atoms with Crippen LogP contribution in [0.15, 0.2) is 42.5 Å². The molecule has 0 heterocycles. The second-order valence-electron chi connectivity index (χ2n) is 9.15. The summed E-state index contributed by atoms with van der Waals surface area (Å²) in [6, 6.07) is 4.43. The number of benzene rings is 1. The van der Waals surface area contributed by atoms with Crippen LogP contribution in [-0.2, 0) is 4.79 Å².